The lowest BCUT2D eigenvalue weighted by molar-refractivity contribution is -0.157. The zero-order chi connectivity index (χ0) is 17.5. The number of anilines is 2. The molecule has 0 radical (unpaired) electrons. The van der Waals surface area contributed by atoms with E-state index < -0.39 is 11.6 Å². The Morgan fingerprint density at radius 3 is 2.57 bits per heavy atom. The SMILES string of the molecule is CC(C)(C)OC(=O)C(CCCN)NC(=S)Nc1ccccc1N. The summed E-state index contributed by atoms with van der Waals surface area (Å²) in [5, 5.41) is 6.29. The number of para-hydroxylation sites is 2. The molecule has 128 valence electrons. The summed E-state index contributed by atoms with van der Waals surface area (Å²) in [5.41, 5.74) is 12.1. The van der Waals surface area contributed by atoms with Crippen LogP contribution in [0.2, 0.25) is 0 Å². The maximum absolute atomic E-state index is 12.3. The molecule has 1 aromatic rings. The van der Waals surface area contributed by atoms with Crippen molar-refractivity contribution in [2.45, 2.75) is 45.3 Å². The second-order valence-corrected chi connectivity index (χ2v) is 6.61. The van der Waals surface area contributed by atoms with Crippen LogP contribution >= 0.6 is 12.2 Å². The number of thiocarbonyl (C=S) groups is 1. The summed E-state index contributed by atoms with van der Waals surface area (Å²) in [6.45, 7) is 5.97. The maximum atomic E-state index is 12.3. The van der Waals surface area contributed by atoms with Gasteiger partial charge in [-0.05, 0) is 64.5 Å². The first kappa shape index (κ1) is 19.2. The van der Waals surface area contributed by atoms with E-state index in [2.05, 4.69) is 10.6 Å². The van der Waals surface area contributed by atoms with E-state index in [9.17, 15) is 4.79 Å². The molecule has 1 rings (SSSR count). The molecule has 0 heterocycles. The normalized spacial score (nSPS) is 12.3. The van der Waals surface area contributed by atoms with E-state index in [0.717, 1.165) is 0 Å². The standard InChI is InChI=1S/C16H26N4O2S/c1-16(2,3)22-14(21)13(9-6-10-17)20-15(23)19-12-8-5-4-7-11(12)18/h4-5,7-8,13H,6,9-10,17-18H2,1-3H3,(H2,19,20,23). The molecule has 0 amide bonds. The van der Waals surface area contributed by atoms with E-state index in [1.807, 2.05) is 39.0 Å². The maximum Gasteiger partial charge on any atom is 0.329 e. The minimum atomic E-state index is -0.557. The summed E-state index contributed by atoms with van der Waals surface area (Å²) in [7, 11) is 0. The number of nitrogens with one attached hydrogen (secondary N) is 2. The summed E-state index contributed by atoms with van der Waals surface area (Å²) < 4.78 is 5.42. The van der Waals surface area contributed by atoms with Gasteiger partial charge in [0.15, 0.2) is 5.11 Å². The van der Waals surface area contributed by atoms with Crippen LogP contribution in [-0.2, 0) is 9.53 Å². The Labute approximate surface area is 142 Å². The van der Waals surface area contributed by atoms with E-state index in [-0.39, 0.29) is 5.97 Å². The van der Waals surface area contributed by atoms with E-state index in [1.54, 1.807) is 6.07 Å². The third-order valence-corrected chi connectivity index (χ3v) is 3.12. The lowest BCUT2D eigenvalue weighted by Crippen LogP contribution is -2.46. The fraction of sp³-hybridized carbons (Fsp3) is 0.500. The fourth-order valence-corrected chi connectivity index (χ4v) is 2.12. The lowest BCUT2D eigenvalue weighted by atomic mass is 10.1. The van der Waals surface area contributed by atoms with Crippen LogP contribution in [0.3, 0.4) is 0 Å². The smallest absolute Gasteiger partial charge is 0.329 e. The topological polar surface area (TPSA) is 102 Å². The highest BCUT2D eigenvalue weighted by Crippen LogP contribution is 2.17. The zero-order valence-electron chi connectivity index (χ0n) is 13.9. The molecular weight excluding hydrogens is 312 g/mol. The molecule has 0 bridgehead atoms. The Balaban J connectivity index is 2.70. The number of benzene rings is 1. The third-order valence-electron chi connectivity index (χ3n) is 2.90. The van der Waals surface area contributed by atoms with E-state index in [0.29, 0.717) is 35.9 Å². The molecule has 0 saturated heterocycles. The molecule has 1 aromatic carbocycles. The van der Waals surface area contributed by atoms with Crippen LogP contribution in [0.15, 0.2) is 24.3 Å². The second kappa shape index (κ2) is 8.69. The minimum Gasteiger partial charge on any atom is -0.458 e. The van der Waals surface area contributed by atoms with Crippen LogP contribution < -0.4 is 22.1 Å². The number of carbonyl (C=O) groups excluding carboxylic acids is 1. The minimum absolute atomic E-state index is 0.316. The largest absolute Gasteiger partial charge is 0.458 e. The van der Waals surface area contributed by atoms with Gasteiger partial charge in [0, 0.05) is 0 Å². The van der Waals surface area contributed by atoms with Gasteiger partial charge < -0.3 is 26.8 Å². The quantitative estimate of drug-likeness (QED) is 0.357. The molecule has 6 nitrogen and oxygen atoms in total. The molecular formula is C16H26N4O2S. The Morgan fingerprint density at radius 2 is 2.00 bits per heavy atom. The lowest BCUT2D eigenvalue weighted by Gasteiger charge is -2.25. The molecule has 1 atom stereocenters. The van der Waals surface area contributed by atoms with Crippen LogP contribution in [0.1, 0.15) is 33.6 Å². The van der Waals surface area contributed by atoms with Gasteiger partial charge in [-0.15, -0.1) is 0 Å². The highest BCUT2D eigenvalue weighted by Gasteiger charge is 2.25. The van der Waals surface area contributed by atoms with Gasteiger partial charge >= 0.3 is 5.97 Å². The van der Waals surface area contributed by atoms with Crippen molar-refractivity contribution in [3.05, 3.63) is 24.3 Å². The Morgan fingerprint density at radius 1 is 1.35 bits per heavy atom. The van der Waals surface area contributed by atoms with Crippen molar-refractivity contribution >= 4 is 34.7 Å². The molecule has 0 aromatic heterocycles. The summed E-state index contributed by atoms with van der Waals surface area (Å²) in [6.07, 6.45) is 1.23. The number of hydrogen-bond acceptors (Lipinski definition) is 5. The van der Waals surface area contributed by atoms with Crippen LogP contribution in [0.5, 0.6) is 0 Å². The van der Waals surface area contributed by atoms with Gasteiger partial charge in [-0.3, -0.25) is 0 Å². The molecule has 7 heteroatoms. The van der Waals surface area contributed by atoms with E-state index in [1.165, 1.54) is 0 Å². The number of nitrogen functional groups attached to an aromatic ring is 1. The Bertz CT molecular complexity index is 543. The highest BCUT2D eigenvalue weighted by molar-refractivity contribution is 7.80. The second-order valence-electron chi connectivity index (χ2n) is 6.20. The van der Waals surface area contributed by atoms with Crippen LogP contribution in [0.25, 0.3) is 0 Å². The number of hydrogen-bond donors (Lipinski definition) is 4. The van der Waals surface area contributed by atoms with Gasteiger partial charge in [-0.25, -0.2) is 4.79 Å². The first-order valence-electron chi connectivity index (χ1n) is 7.58. The first-order chi connectivity index (χ1) is 10.7. The summed E-state index contributed by atoms with van der Waals surface area (Å²) in [4.78, 5) is 12.3. The average molecular weight is 338 g/mol. The van der Waals surface area contributed by atoms with Crippen LogP contribution in [0, 0.1) is 0 Å². The van der Waals surface area contributed by atoms with E-state index >= 15 is 0 Å². The van der Waals surface area contributed by atoms with Crippen LogP contribution in [0.4, 0.5) is 11.4 Å². The average Bonchev–Trinajstić information content (AvgIpc) is 2.44. The van der Waals surface area contributed by atoms with Crippen molar-refractivity contribution in [3.63, 3.8) is 0 Å². The van der Waals surface area contributed by atoms with Crippen molar-refractivity contribution in [1.29, 1.82) is 0 Å². The first-order valence-corrected chi connectivity index (χ1v) is 7.98. The number of carbonyl (C=O) groups is 1. The predicted molar refractivity (Wildman–Crippen MR) is 98.1 cm³/mol. The van der Waals surface area contributed by atoms with Gasteiger partial charge in [0.25, 0.3) is 0 Å². The number of ether oxygens (including phenoxy) is 1. The summed E-state index contributed by atoms with van der Waals surface area (Å²) in [6, 6.07) is 6.71. The molecule has 6 N–H and O–H groups in total. The third kappa shape index (κ3) is 7.30. The molecule has 0 fully saturated rings. The Kier molecular flexibility index (Phi) is 7.25. The van der Waals surface area contributed by atoms with Crippen LogP contribution in [-0.4, -0.2) is 29.3 Å². The van der Waals surface area contributed by atoms with Crippen molar-refractivity contribution in [2.75, 3.05) is 17.6 Å². The van der Waals surface area contributed by atoms with Crippen molar-refractivity contribution in [3.8, 4) is 0 Å². The van der Waals surface area contributed by atoms with Crippen molar-refractivity contribution in [2.24, 2.45) is 5.73 Å². The molecule has 1 unspecified atom stereocenters. The van der Waals surface area contributed by atoms with Crippen molar-refractivity contribution in [1.82, 2.24) is 5.32 Å². The molecule has 0 aliphatic rings. The number of rotatable bonds is 6. The van der Waals surface area contributed by atoms with Crippen molar-refractivity contribution < 1.29 is 9.53 Å². The van der Waals surface area contributed by atoms with Gasteiger partial charge in [0.2, 0.25) is 0 Å². The fourth-order valence-electron chi connectivity index (χ4n) is 1.87. The Hall–Kier alpha value is -1.86. The predicted octanol–water partition coefficient (Wildman–Crippen LogP) is 2.00. The number of nitrogens with two attached hydrogens (primary N) is 2. The molecule has 0 aliphatic heterocycles. The summed E-state index contributed by atoms with van der Waals surface area (Å²) >= 11 is 5.27. The molecule has 0 aliphatic carbocycles. The summed E-state index contributed by atoms with van der Waals surface area (Å²) in [5.74, 6) is -0.351. The zero-order valence-corrected chi connectivity index (χ0v) is 14.7. The molecule has 0 spiro atoms. The number of esters is 1. The van der Waals surface area contributed by atoms with Gasteiger partial charge in [0.1, 0.15) is 11.6 Å². The van der Waals surface area contributed by atoms with Gasteiger partial charge in [-0.2, -0.15) is 0 Å². The molecule has 23 heavy (non-hydrogen) atoms. The molecule has 0 saturated carbocycles. The van der Waals surface area contributed by atoms with Gasteiger partial charge in [0.05, 0.1) is 11.4 Å². The monoisotopic (exact) mass is 338 g/mol. The highest BCUT2D eigenvalue weighted by atomic mass is 32.1. The van der Waals surface area contributed by atoms with Gasteiger partial charge in [-0.1, -0.05) is 12.1 Å². The van der Waals surface area contributed by atoms with E-state index in [4.69, 9.17) is 28.4 Å².